The minimum Gasteiger partial charge on any atom is -0.398 e. The number of amides is 1. The van der Waals surface area contributed by atoms with E-state index in [4.69, 9.17) is 5.73 Å². The van der Waals surface area contributed by atoms with Crippen molar-refractivity contribution in [1.29, 1.82) is 0 Å². The van der Waals surface area contributed by atoms with Crippen molar-refractivity contribution in [2.24, 2.45) is 7.05 Å². The summed E-state index contributed by atoms with van der Waals surface area (Å²) in [7, 11) is 1.82. The van der Waals surface area contributed by atoms with Gasteiger partial charge in [-0.3, -0.25) is 14.5 Å². The second kappa shape index (κ2) is 5.09. The summed E-state index contributed by atoms with van der Waals surface area (Å²) >= 11 is 0. The van der Waals surface area contributed by atoms with Crippen LogP contribution in [0.3, 0.4) is 0 Å². The zero-order valence-corrected chi connectivity index (χ0v) is 11.3. The number of rotatable bonds is 3. The highest BCUT2D eigenvalue weighted by molar-refractivity contribution is 6.07. The van der Waals surface area contributed by atoms with Gasteiger partial charge in [-0.1, -0.05) is 6.92 Å². The summed E-state index contributed by atoms with van der Waals surface area (Å²) < 4.78 is 1.67. The molecule has 0 fully saturated rings. The first-order valence-corrected chi connectivity index (χ1v) is 6.07. The molecule has 0 unspecified atom stereocenters. The Morgan fingerprint density at radius 2 is 2.26 bits per heavy atom. The summed E-state index contributed by atoms with van der Waals surface area (Å²) in [6.45, 7) is 3.81. The first kappa shape index (κ1) is 13.1. The van der Waals surface area contributed by atoms with Crippen molar-refractivity contribution < 1.29 is 4.79 Å². The number of carbonyl (C=O) groups excluding carboxylic acids is 1. The van der Waals surface area contributed by atoms with Crippen LogP contribution < -0.4 is 11.1 Å². The summed E-state index contributed by atoms with van der Waals surface area (Å²) in [6.07, 6.45) is 4.01. The van der Waals surface area contributed by atoms with Gasteiger partial charge in [-0.2, -0.15) is 5.10 Å². The normalized spacial score (nSPS) is 10.5. The number of nitrogens with two attached hydrogens (primary N) is 1. The smallest absolute Gasteiger partial charge is 0.259 e. The molecule has 6 heteroatoms. The maximum Gasteiger partial charge on any atom is 0.259 e. The van der Waals surface area contributed by atoms with Gasteiger partial charge in [0.2, 0.25) is 0 Å². The number of hydrogen-bond donors (Lipinski definition) is 2. The summed E-state index contributed by atoms with van der Waals surface area (Å²) in [5.41, 5.74) is 8.95. The number of pyridine rings is 1. The number of nitrogen functional groups attached to an aromatic ring is 1. The van der Waals surface area contributed by atoms with Crippen LogP contribution in [-0.2, 0) is 13.5 Å². The molecule has 2 heterocycles. The number of hydrogen-bond acceptors (Lipinski definition) is 4. The van der Waals surface area contributed by atoms with Crippen LogP contribution in [0.2, 0.25) is 0 Å². The Morgan fingerprint density at radius 3 is 2.89 bits per heavy atom. The lowest BCUT2D eigenvalue weighted by atomic mass is 10.2. The summed E-state index contributed by atoms with van der Waals surface area (Å²) in [5.74, 6) is -0.271. The molecule has 0 spiro atoms. The molecule has 100 valence electrons. The number of carbonyl (C=O) groups is 1. The van der Waals surface area contributed by atoms with E-state index in [9.17, 15) is 4.79 Å². The van der Waals surface area contributed by atoms with E-state index in [0.717, 1.165) is 17.8 Å². The van der Waals surface area contributed by atoms with Crippen LogP contribution in [0.4, 0.5) is 11.4 Å². The van der Waals surface area contributed by atoms with Gasteiger partial charge >= 0.3 is 0 Å². The number of nitrogens with one attached hydrogen (secondary N) is 1. The molecular formula is C13H17N5O. The fourth-order valence-electron chi connectivity index (χ4n) is 1.86. The first-order chi connectivity index (χ1) is 9.01. The summed E-state index contributed by atoms with van der Waals surface area (Å²) in [4.78, 5) is 16.2. The molecule has 6 nitrogen and oxygen atoms in total. The minimum absolute atomic E-state index is 0.271. The first-order valence-electron chi connectivity index (χ1n) is 6.07. The highest BCUT2D eigenvalue weighted by Gasteiger charge is 2.14. The van der Waals surface area contributed by atoms with Crippen molar-refractivity contribution in [1.82, 2.24) is 14.8 Å². The van der Waals surface area contributed by atoms with E-state index in [0.29, 0.717) is 16.9 Å². The van der Waals surface area contributed by atoms with Gasteiger partial charge in [0, 0.05) is 30.8 Å². The van der Waals surface area contributed by atoms with Gasteiger partial charge in [0.05, 0.1) is 16.9 Å². The van der Waals surface area contributed by atoms with Crippen molar-refractivity contribution in [2.45, 2.75) is 20.3 Å². The van der Waals surface area contributed by atoms with E-state index >= 15 is 0 Å². The fourth-order valence-corrected chi connectivity index (χ4v) is 1.86. The van der Waals surface area contributed by atoms with Crippen molar-refractivity contribution >= 4 is 17.3 Å². The van der Waals surface area contributed by atoms with Crippen LogP contribution in [0, 0.1) is 6.92 Å². The van der Waals surface area contributed by atoms with Crippen LogP contribution in [0.15, 0.2) is 18.5 Å². The average molecular weight is 259 g/mol. The van der Waals surface area contributed by atoms with Gasteiger partial charge in [0.25, 0.3) is 5.91 Å². The Morgan fingerprint density at radius 1 is 1.53 bits per heavy atom. The van der Waals surface area contributed by atoms with Gasteiger partial charge in [0.15, 0.2) is 0 Å². The molecule has 0 aliphatic carbocycles. The Kier molecular flexibility index (Phi) is 3.50. The van der Waals surface area contributed by atoms with Crippen LogP contribution in [0.5, 0.6) is 0 Å². The Bertz CT molecular complexity index is 617. The number of aryl methyl sites for hydroxylation is 3. The molecule has 0 saturated heterocycles. The topological polar surface area (TPSA) is 85.8 Å². The zero-order chi connectivity index (χ0) is 14.0. The quantitative estimate of drug-likeness (QED) is 0.875. The fraction of sp³-hybridized carbons (Fsp3) is 0.308. The number of aromatic nitrogens is 3. The SMILES string of the molecule is CCc1nn(C)cc1NC(=O)c1cnc(C)cc1N. The predicted octanol–water partition coefficient (Wildman–Crippen LogP) is 1.52. The van der Waals surface area contributed by atoms with Crippen molar-refractivity contribution in [2.75, 3.05) is 11.1 Å². The Labute approximate surface area is 111 Å². The Hall–Kier alpha value is -2.37. The van der Waals surface area contributed by atoms with Crippen LogP contribution in [0.1, 0.15) is 28.7 Å². The highest BCUT2D eigenvalue weighted by atomic mass is 16.1. The van der Waals surface area contributed by atoms with Gasteiger partial charge < -0.3 is 11.1 Å². The largest absolute Gasteiger partial charge is 0.398 e. The molecular weight excluding hydrogens is 242 g/mol. The lowest BCUT2D eigenvalue weighted by Crippen LogP contribution is -2.15. The molecule has 2 rings (SSSR count). The molecule has 1 amide bonds. The highest BCUT2D eigenvalue weighted by Crippen LogP contribution is 2.17. The van der Waals surface area contributed by atoms with E-state index in [1.807, 2.05) is 20.9 Å². The maximum absolute atomic E-state index is 12.2. The lowest BCUT2D eigenvalue weighted by molar-refractivity contribution is 0.102. The van der Waals surface area contributed by atoms with Crippen molar-refractivity contribution in [3.05, 3.63) is 35.4 Å². The van der Waals surface area contributed by atoms with E-state index < -0.39 is 0 Å². The summed E-state index contributed by atoms with van der Waals surface area (Å²) in [6, 6.07) is 1.68. The summed E-state index contributed by atoms with van der Waals surface area (Å²) in [5, 5.41) is 7.08. The molecule has 19 heavy (non-hydrogen) atoms. The van der Waals surface area contributed by atoms with Crippen LogP contribution >= 0.6 is 0 Å². The number of anilines is 2. The molecule has 3 N–H and O–H groups in total. The maximum atomic E-state index is 12.2. The molecule has 0 aliphatic rings. The zero-order valence-electron chi connectivity index (χ0n) is 11.3. The third-order valence-corrected chi connectivity index (χ3v) is 2.81. The predicted molar refractivity (Wildman–Crippen MR) is 73.9 cm³/mol. The average Bonchev–Trinajstić information content (AvgIpc) is 2.69. The van der Waals surface area contributed by atoms with E-state index in [-0.39, 0.29) is 5.91 Å². The molecule has 0 aliphatic heterocycles. The second-order valence-electron chi connectivity index (χ2n) is 4.38. The minimum atomic E-state index is -0.271. The standard InChI is InChI=1S/C13H17N5O/c1-4-11-12(7-18(3)17-11)16-13(19)9-6-15-8(2)5-10(9)14/h5-7H,4H2,1-3H3,(H2,14,15)(H,16,19). The van der Waals surface area contributed by atoms with Gasteiger partial charge in [-0.15, -0.1) is 0 Å². The van der Waals surface area contributed by atoms with Gasteiger partial charge in [-0.05, 0) is 19.4 Å². The lowest BCUT2D eigenvalue weighted by Gasteiger charge is -2.07. The molecule has 0 aromatic carbocycles. The van der Waals surface area contributed by atoms with E-state index in [1.165, 1.54) is 6.20 Å². The molecule has 2 aromatic heterocycles. The van der Waals surface area contributed by atoms with E-state index in [1.54, 1.807) is 16.9 Å². The van der Waals surface area contributed by atoms with Crippen molar-refractivity contribution in [3.8, 4) is 0 Å². The van der Waals surface area contributed by atoms with Crippen LogP contribution in [-0.4, -0.2) is 20.7 Å². The second-order valence-corrected chi connectivity index (χ2v) is 4.38. The Balaban J connectivity index is 2.25. The molecule has 0 bridgehead atoms. The molecule has 2 aromatic rings. The molecule has 0 saturated carbocycles. The van der Waals surface area contributed by atoms with Crippen molar-refractivity contribution in [3.63, 3.8) is 0 Å². The third kappa shape index (κ3) is 2.73. The third-order valence-electron chi connectivity index (χ3n) is 2.81. The number of nitrogens with zero attached hydrogens (tertiary/aromatic N) is 3. The van der Waals surface area contributed by atoms with Gasteiger partial charge in [-0.25, -0.2) is 0 Å². The molecule has 0 atom stereocenters. The van der Waals surface area contributed by atoms with Gasteiger partial charge in [0.1, 0.15) is 0 Å². The monoisotopic (exact) mass is 259 g/mol. The van der Waals surface area contributed by atoms with E-state index in [2.05, 4.69) is 15.4 Å². The molecule has 0 radical (unpaired) electrons. The van der Waals surface area contributed by atoms with Crippen LogP contribution in [0.25, 0.3) is 0 Å².